The molecule has 0 bridgehead atoms. The molecule has 4 N–H and O–H groups in total. The summed E-state index contributed by atoms with van der Waals surface area (Å²) in [6, 6.07) is 13.3. The maximum Gasteiger partial charge on any atom is 0.248 e. The number of amides is 1. The smallest absolute Gasteiger partial charge is 0.248 e. The van der Waals surface area contributed by atoms with Crippen molar-refractivity contribution in [3.05, 3.63) is 77.6 Å². The zero-order chi connectivity index (χ0) is 22.9. The van der Waals surface area contributed by atoms with E-state index in [2.05, 4.69) is 33.5 Å². The van der Waals surface area contributed by atoms with Crippen molar-refractivity contribution in [1.82, 2.24) is 20.3 Å². The number of carbonyl (C=O) groups is 1. The van der Waals surface area contributed by atoms with Gasteiger partial charge < -0.3 is 20.9 Å². The molecule has 0 saturated carbocycles. The largest absolute Gasteiger partial charge is 0.366 e. The Labute approximate surface area is 192 Å². The van der Waals surface area contributed by atoms with Gasteiger partial charge in [0.2, 0.25) is 11.9 Å². The number of carbonyl (C=O) groups excluding carboxylic acids is 1. The van der Waals surface area contributed by atoms with Gasteiger partial charge in [-0.1, -0.05) is 18.2 Å². The van der Waals surface area contributed by atoms with E-state index in [1.165, 1.54) is 0 Å². The summed E-state index contributed by atoms with van der Waals surface area (Å²) in [5, 5.41) is 3.44. The predicted molar refractivity (Wildman–Crippen MR) is 131 cm³/mol. The number of benzene rings is 1. The summed E-state index contributed by atoms with van der Waals surface area (Å²) in [6.07, 6.45) is 8.30. The topological polar surface area (TPSA) is 112 Å². The average Bonchev–Trinajstić information content (AvgIpc) is 3.29. The lowest BCUT2D eigenvalue weighted by Crippen LogP contribution is -2.42. The van der Waals surface area contributed by atoms with Gasteiger partial charge in [0, 0.05) is 42.3 Å². The van der Waals surface area contributed by atoms with Gasteiger partial charge in [-0.2, -0.15) is 0 Å². The summed E-state index contributed by atoms with van der Waals surface area (Å²) >= 11 is 0. The molecule has 8 heteroatoms. The van der Waals surface area contributed by atoms with Crippen molar-refractivity contribution in [3.63, 3.8) is 0 Å². The summed E-state index contributed by atoms with van der Waals surface area (Å²) in [5.41, 5.74) is 11.1. The van der Waals surface area contributed by atoms with Crippen LogP contribution in [0, 0.1) is 6.92 Å². The van der Waals surface area contributed by atoms with Gasteiger partial charge in [0.1, 0.15) is 0 Å². The molecular weight excluding hydrogens is 414 g/mol. The quantitative estimate of drug-likeness (QED) is 0.566. The zero-order valence-corrected chi connectivity index (χ0v) is 18.5. The number of aromatic nitrogens is 3. The molecule has 3 aromatic rings. The molecule has 2 unspecified atom stereocenters. The van der Waals surface area contributed by atoms with Crippen LogP contribution in [0.25, 0.3) is 17.0 Å². The van der Waals surface area contributed by atoms with Crippen molar-refractivity contribution < 1.29 is 4.79 Å². The first-order valence-electron chi connectivity index (χ1n) is 10.8. The van der Waals surface area contributed by atoms with Crippen molar-refractivity contribution in [3.8, 4) is 11.4 Å². The number of nitrogens with zero attached hydrogens (tertiary/aromatic N) is 4. The van der Waals surface area contributed by atoms with E-state index < -0.39 is 5.91 Å². The van der Waals surface area contributed by atoms with E-state index in [1.807, 2.05) is 55.4 Å². The number of anilines is 2. The van der Waals surface area contributed by atoms with E-state index in [-0.39, 0.29) is 12.1 Å². The number of nitrogens with one attached hydrogen (secondary N) is 2. The lowest BCUT2D eigenvalue weighted by Gasteiger charge is -2.26. The van der Waals surface area contributed by atoms with Gasteiger partial charge in [-0.15, -0.1) is 0 Å². The molecule has 0 fully saturated rings. The minimum absolute atomic E-state index is 0.0382. The first kappa shape index (κ1) is 20.8. The third-order valence-corrected chi connectivity index (χ3v) is 5.89. The number of nitrogens with two attached hydrogens (primary N) is 1. The van der Waals surface area contributed by atoms with Crippen LogP contribution in [-0.2, 0) is 0 Å². The van der Waals surface area contributed by atoms with E-state index >= 15 is 0 Å². The molecule has 8 nitrogen and oxygen atoms in total. The first-order valence-corrected chi connectivity index (χ1v) is 10.8. The van der Waals surface area contributed by atoms with Crippen molar-refractivity contribution in [2.24, 2.45) is 10.7 Å². The number of rotatable bonds is 5. The van der Waals surface area contributed by atoms with Gasteiger partial charge in [0.05, 0.1) is 29.2 Å². The van der Waals surface area contributed by atoms with Crippen LogP contribution < -0.4 is 16.0 Å². The highest BCUT2D eigenvalue weighted by molar-refractivity contribution is 5.93. The standard InChI is InChI=1S/C25H25N7O/c1-15-4-3-5-20(29-15)23-22(17-8-11-19-21(14-17)28-13-12-27-19)30-25(31-23)32(2)18-9-6-16(7-10-18)24(26)33/h3-11,13-14,19,21,27H,12H2,1-2H3,(H2,26,33)(H,30,31). The van der Waals surface area contributed by atoms with E-state index in [1.54, 1.807) is 12.1 Å². The Hall–Kier alpha value is -4.04. The summed E-state index contributed by atoms with van der Waals surface area (Å²) in [5.74, 6) is 0.211. The first-order chi connectivity index (χ1) is 16.0. The van der Waals surface area contributed by atoms with Crippen molar-refractivity contribution in [1.29, 1.82) is 0 Å². The highest BCUT2D eigenvalue weighted by atomic mass is 16.1. The van der Waals surface area contributed by atoms with Crippen molar-refractivity contribution in [2.75, 3.05) is 18.5 Å². The van der Waals surface area contributed by atoms with Crippen LogP contribution in [0.1, 0.15) is 21.7 Å². The van der Waals surface area contributed by atoms with Gasteiger partial charge in [0.15, 0.2) is 0 Å². The monoisotopic (exact) mass is 439 g/mol. The fraction of sp³-hybridized carbons (Fsp3) is 0.200. The molecule has 33 heavy (non-hydrogen) atoms. The molecule has 1 amide bonds. The van der Waals surface area contributed by atoms with Gasteiger partial charge in [0.25, 0.3) is 0 Å². The van der Waals surface area contributed by atoms with Crippen molar-refractivity contribution >= 4 is 29.3 Å². The normalized spacial score (nSPS) is 19.2. The second-order valence-corrected chi connectivity index (χ2v) is 8.16. The van der Waals surface area contributed by atoms with Crippen LogP contribution in [0.5, 0.6) is 0 Å². The van der Waals surface area contributed by atoms with E-state index in [9.17, 15) is 4.79 Å². The maximum absolute atomic E-state index is 11.4. The lowest BCUT2D eigenvalue weighted by atomic mass is 9.94. The molecule has 3 heterocycles. The fourth-order valence-corrected chi connectivity index (χ4v) is 4.08. The summed E-state index contributed by atoms with van der Waals surface area (Å²) in [6.45, 7) is 2.75. The SMILES string of the molecule is Cc1cccc(-c2[nH]c(N(C)c3ccc(C(N)=O)cc3)nc2C2=CC3N=CCNC3C=C2)n1. The molecule has 0 spiro atoms. The molecule has 166 valence electrons. The molecule has 0 radical (unpaired) electrons. The second kappa shape index (κ2) is 8.48. The molecule has 2 aromatic heterocycles. The Morgan fingerprint density at radius 2 is 1.97 bits per heavy atom. The molecule has 1 aromatic carbocycles. The molecule has 2 atom stereocenters. The van der Waals surface area contributed by atoms with Crippen LogP contribution in [0.2, 0.25) is 0 Å². The Kier molecular flexibility index (Phi) is 5.35. The van der Waals surface area contributed by atoms with E-state index in [4.69, 9.17) is 15.7 Å². The van der Waals surface area contributed by atoms with Gasteiger partial charge in [-0.3, -0.25) is 14.8 Å². The summed E-state index contributed by atoms with van der Waals surface area (Å²) in [7, 11) is 1.92. The highest BCUT2D eigenvalue weighted by Gasteiger charge is 2.25. The number of pyridine rings is 1. The summed E-state index contributed by atoms with van der Waals surface area (Å²) in [4.78, 5) is 31.1. The molecule has 5 rings (SSSR count). The third-order valence-electron chi connectivity index (χ3n) is 5.89. The average molecular weight is 440 g/mol. The Balaban J connectivity index is 1.57. The number of imidazole rings is 1. The van der Waals surface area contributed by atoms with Crippen LogP contribution in [0.15, 0.2) is 65.7 Å². The predicted octanol–water partition coefficient (Wildman–Crippen LogP) is 3.01. The van der Waals surface area contributed by atoms with E-state index in [0.717, 1.165) is 40.6 Å². The summed E-state index contributed by atoms with van der Waals surface area (Å²) < 4.78 is 0. The number of aromatic amines is 1. The number of fused-ring (bicyclic) bond motifs is 1. The Morgan fingerprint density at radius 3 is 2.73 bits per heavy atom. The highest BCUT2D eigenvalue weighted by Crippen LogP contribution is 2.33. The Bertz CT molecular complexity index is 1290. The molecule has 2 aliphatic rings. The lowest BCUT2D eigenvalue weighted by molar-refractivity contribution is 0.100. The number of allylic oxidation sites excluding steroid dienone is 2. The minimum Gasteiger partial charge on any atom is -0.366 e. The van der Waals surface area contributed by atoms with Crippen LogP contribution in [0.3, 0.4) is 0 Å². The number of H-pyrrole nitrogens is 1. The maximum atomic E-state index is 11.4. The molecular formula is C25H25N7O. The van der Waals surface area contributed by atoms with Crippen LogP contribution >= 0.6 is 0 Å². The van der Waals surface area contributed by atoms with Crippen LogP contribution in [-0.4, -0.2) is 52.7 Å². The molecule has 1 aliphatic carbocycles. The third kappa shape index (κ3) is 4.08. The number of hydrogen-bond donors (Lipinski definition) is 3. The number of aliphatic imine (C=N–C) groups is 1. The Morgan fingerprint density at radius 1 is 1.15 bits per heavy atom. The minimum atomic E-state index is -0.452. The number of primary amides is 1. The second-order valence-electron chi connectivity index (χ2n) is 8.16. The van der Waals surface area contributed by atoms with Gasteiger partial charge in [-0.05, 0) is 49.4 Å². The van der Waals surface area contributed by atoms with E-state index in [0.29, 0.717) is 11.5 Å². The van der Waals surface area contributed by atoms with Gasteiger partial charge >= 0.3 is 0 Å². The fourth-order valence-electron chi connectivity index (χ4n) is 4.08. The number of hydrogen-bond acceptors (Lipinski definition) is 6. The number of aryl methyl sites for hydroxylation is 1. The zero-order valence-electron chi connectivity index (χ0n) is 18.5. The molecule has 0 saturated heterocycles. The van der Waals surface area contributed by atoms with Crippen molar-refractivity contribution in [2.45, 2.75) is 19.0 Å². The molecule has 1 aliphatic heterocycles. The van der Waals surface area contributed by atoms with Crippen LogP contribution in [0.4, 0.5) is 11.6 Å². The van der Waals surface area contributed by atoms with Gasteiger partial charge in [-0.25, -0.2) is 4.98 Å².